The van der Waals surface area contributed by atoms with Gasteiger partial charge in [0.15, 0.2) is 0 Å². The zero-order valence-electron chi connectivity index (χ0n) is 32.3. The van der Waals surface area contributed by atoms with Crippen molar-refractivity contribution >= 4 is 6.09 Å². The fourth-order valence-electron chi connectivity index (χ4n) is 5.17. The Morgan fingerprint density at radius 3 is 1.22 bits per heavy atom. The number of aromatic nitrogens is 3. The lowest BCUT2D eigenvalue weighted by molar-refractivity contribution is -0.0156. The Kier molecular flexibility index (Phi) is 31.8. The van der Waals surface area contributed by atoms with E-state index in [-0.39, 0.29) is 39.5 Å². The standard InChI is InChI=1S/C36H62N6O13/c37-31-53-18-11-5-3-9-15-41-34(45)40(35(46)42(36(41)47)16-10-4-6-12-19-54-32-38)14-8-2-1-7-13-39-33(44)55-30-29-52-28-27-51-26-25-50-24-23-49-22-21-48-20-17-43/h43H,1-30H2,(H,39,44). The molecule has 0 aromatic carbocycles. The molecule has 0 atom stereocenters. The van der Waals surface area contributed by atoms with Gasteiger partial charge < -0.3 is 48.3 Å². The van der Waals surface area contributed by atoms with Crippen LogP contribution < -0.4 is 22.4 Å². The Hall–Kier alpha value is -3.98. The highest BCUT2D eigenvalue weighted by atomic mass is 16.6. The molecular formula is C36H62N6O13. The van der Waals surface area contributed by atoms with E-state index in [0.29, 0.717) is 124 Å². The Bertz CT molecular complexity index is 1310. The van der Waals surface area contributed by atoms with Crippen LogP contribution in [0.5, 0.6) is 0 Å². The highest BCUT2D eigenvalue weighted by molar-refractivity contribution is 5.66. The molecule has 0 fully saturated rings. The first-order chi connectivity index (χ1) is 27.0. The summed E-state index contributed by atoms with van der Waals surface area (Å²) in [6.07, 6.45) is 10.9. The SMILES string of the molecule is N#COCCCCCCn1c(=O)n(CCCCCCNC(=O)OCCOCCOCCOCCOCCOCCO)c(=O)n(CCCCCCOC#N)c1=O. The van der Waals surface area contributed by atoms with E-state index >= 15 is 0 Å². The van der Waals surface area contributed by atoms with Crippen molar-refractivity contribution in [2.75, 3.05) is 99.0 Å². The van der Waals surface area contributed by atoms with Crippen molar-refractivity contribution in [3.05, 3.63) is 31.5 Å². The van der Waals surface area contributed by atoms with E-state index in [1.54, 1.807) is 12.5 Å². The Morgan fingerprint density at radius 2 is 0.836 bits per heavy atom. The van der Waals surface area contributed by atoms with Gasteiger partial charge in [-0.1, -0.05) is 25.7 Å². The largest absolute Gasteiger partial charge is 0.447 e. The van der Waals surface area contributed by atoms with Crippen molar-refractivity contribution in [2.24, 2.45) is 0 Å². The van der Waals surface area contributed by atoms with Crippen molar-refractivity contribution < 1.29 is 47.8 Å². The summed E-state index contributed by atoms with van der Waals surface area (Å²) in [5, 5.41) is 28.3. The first-order valence-electron chi connectivity index (χ1n) is 19.3. The molecule has 19 nitrogen and oxygen atoms in total. The molecule has 1 heterocycles. The topological polar surface area (TPSA) is 237 Å². The highest BCUT2D eigenvalue weighted by Crippen LogP contribution is 2.04. The van der Waals surface area contributed by atoms with Gasteiger partial charge in [0.25, 0.3) is 12.5 Å². The van der Waals surface area contributed by atoms with E-state index in [2.05, 4.69) is 14.8 Å². The van der Waals surface area contributed by atoms with E-state index in [4.69, 9.17) is 44.1 Å². The number of hydrogen-bond donors (Lipinski definition) is 2. The van der Waals surface area contributed by atoms with Gasteiger partial charge in [-0.2, -0.15) is 10.5 Å². The summed E-state index contributed by atoms with van der Waals surface area (Å²) in [6, 6.07) is 0. The minimum Gasteiger partial charge on any atom is -0.447 e. The smallest absolute Gasteiger partial charge is 0.407 e. The maximum atomic E-state index is 13.3. The van der Waals surface area contributed by atoms with Crippen LogP contribution in [0.15, 0.2) is 14.4 Å². The first kappa shape index (κ1) is 49.0. The molecule has 0 saturated heterocycles. The number of amides is 1. The molecule has 2 N–H and O–H groups in total. The molecule has 0 unspecified atom stereocenters. The molecule has 1 rings (SSSR count). The number of carbonyl (C=O) groups is 1. The van der Waals surface area contributed by atoms with Gasteiger partial charge in [-0.15, -0.1) is 0 Å². The molecule has 0 spiro atoms. The van der Waals surface area contributed by atoms with E-state index < -0.39 is 23.2 Å². The number of aliphatic hydroxyl groups is 1. The molecule has 0 radical (unpaired) electrons. The Morgan fingerprint density at radius 1 is 0.491 bits per heavy atom. The summed E-state index contributed by atoms with van der Waals surface area (Å²) in [4.78, 5) is 51.7. The average molecular weight is 787 g/mol. The molecule has 0 aliphatic heterocycles. The van der Waals surface area contributed by atoms with Crippen molar-refractivity contribution in [2.45, 2.75) is 96.7 Å². The minimum absolute atomic E-state index is 0.00520. The van der Waals surface area contributed by atoms with Crippen LogP contribution in [0.3, 0.4) is 0 Å². The lowest BCUT2D eigenvalue weighted by atomic mass is 10.2. The number of alkyl carbamates (subject to hydrolysis) is 1. The molecule has 19 heteroatoms. The quantitative estimate of drug-likeness (QED) is 0.0716. The molecule has 0 aliphatic rings. The second-order valence-corrected chi connectivity index (χ2v) is 12.3. The fraction of sp³-hybridized carbons (Fsp3) is 0.833. The second-order valence-electron chi connectivity index (χ2n) is 12.3. The number of rotatable bonds is 38. The Labute approximate surface area is 322 Å². The normalized spacial score (nSPS) is 10.9. The summed E-state index contributed by atoms with van der Waals surface area (Å²) in [6.45, 7) is 5.59. The predicted molar refractivity (Wildman–Crippen MR) is 198 cm³/mol. The van der Waals surface area contributed by atoms with E-state index in [1.807, 2.05) is 0 Å². The van der Waals surface area contributed by atoms with Gasteiger partial charge in [0.2, 0.25) is 0 Å². The molecule has 0 saturated carbocycles. The number of aliphatic hydroxyl groups excluding tert-OH is 1. The van der Waals surface area contributed by atoms with Crippen LogP contribution in [-0.4, -0.2) is 124 Å². The molecule has 1 amide bonds. The number of ether oxygens (including phenoxy) is 8. The molecular weight excluding hydrogens is 724 g/mol. The van der Waals surface area contributed by atoms with Gasteiger partial charge in [-0.3, -0.25) is 0 Å². The van der Waals surface area contributed by atoms with Crippen molar-refractivity contribution in [1.82, 2.24) is 19.0 Å². The molecule has 0 bridgehead atoms. The predicted octanol–water partition coefficient (Wildman–Crippen LogP) is 1.65. The number of carbonyl (C=O) groups excluding carboxylic acids is 1. The van der Waals surface area contributed by atoms with Gasteiger partial charge in [0, 0.05) is 26.2 Å². The third-order valence-corrected chi connectivity index (χ3v) is 8.03. The van der Waals surface area contributed by atoms with Crippen LogP contribution in [0.4, 0.5) is 4.79 Å². The molecule has 1 aromatic heterocycles. The number of nitrogens with zero attached hydrogens (tertiary/aromatic N) is 5. The maximum Gasteiger partial charge on any atom is 0.407 e. The van der Waals surface area contributed by atoms with Gasteiger partial charge in [0.05, 0.1) is 72.7 Å². The zero-order valence-corrected chi connectivity index (χ0v) is 32.3. The zero-order chi connectivity index (χ0) is 40.0. The third kappa shape index (κ3) is 25.7. The fourth-order valence-corrected chi connectivity index (χ4v) is 5.17. The molecule has 55 heavy (non-hydrogen) atoms. The summed E-state index contributed by atoms with van der Waals surface area (Å²) in [5.41, 5.74) is -1.84. The lowest BCUT2D eigenvalue weighted by Gasteiger charge is -2.14. The Balaban J connectivity index is 2.30. The maximum absolute atomic E-state index is 13.3. The number of nitrogens with one attached hydrogen (secondary N) is 1. The van der Waals surface area contributed by atoms with Crippen molar-refractivity contribution in [1.29, 1.82) is 10.5 Å². The van der Waals surface area contributed by atoms with E-state index in [9.17, 15) is 19.2 Å². The number of nitriles is 2. The van der Waals surface area contributed by atoms with Crippen LogP contribution in [0, 0.1) is 23.0 Å². The summed E-state index contributed by atoms with van der Waals surface area (Å²) in [7, 11) is 0. The van der Waals surface area contributed by atoms with Gasteiger partial charge >= 0.3 is 23.2 Å². The van der Waals surface area contributed by atoms with Crippen LogP contribution in [0.1, 0.15) is 77.0 Å². The van der Waals surface area contributed by atoms with Gasteiger partial charge in [0.1, 0.15) is 19.8 Å². The van der Waals surface area contributed by atoms with Crippen molar-refractivity contribution in [3.8, 4) is 12.5 Å². The molecule has 0 aliphatic carbocycles. The number of hydrogen-bond acceptors (Lipinski definition) is 15. The van der Waals surface area contributed by atoms with Crippen LogP contribution in [0.25, 0.3) is 0 Å². The average Bonchev–Trinajstić information content (AvgIpc) is 3.18. The second kappa shape index (κ2) is 35.7. The summed E-state index contributed by atoms with van der Waals surface area (Å²) in [5.74, 6) is 0. The third-order valence-electron chi connectivity index (χ3n) is 8.03. The van der Waals surface area contributed by atoms with E-state index in [0.717, 1.165) is 45.8 Å². The summed E-state index contributed by atoms with van der Waals surface area (Å²) < 4.78 is 44.5. The first-order valence-corrected chi connectivity index (χ1v) is 19.3. The van der Waals surface area contributed by atoms with Crippen LogP contribution in [-0.2, 0) is 57.5 Å². The minimum atomic E-state index is -0.616. The van der Waals surface area contributed by atoms with Crippen molar-refractivity contribution in [3.63, 3.8) is 0 Å². The number of unbranched alkanes of at least 4 members (excludes halogenated alkanes) is 9. The van der Waals surface area contributed by atoms with Crippen LogP contribution >= 0.6 is 0 Å². The lowest BCUT2D eigenvalue weighted by Crippen LogP contribution is -2.54. The van der Waals surface area contributed by atoms with Gasteiger partial charge in [-0.05, 0) is 51.4 Å². The van der Waals surface area contributed by atoms with Crippen LogP contribution in [0.2, 0.25) is 0 Å². The van der Waals surface area contributed by atoms with E-state index in [1.165, 1.54) is 0 Å². The molecule has 314 valence electrons. The highest BCUT2D eigenvalue weighted by Gasteiger charge is 2.15. The monoisotopic (exact) mass is 786 g/mol. The molecule has 1 aromatic rings. The summed E-state index contributed by atoms with van der Waals surface area (Å²) >= 11 is 0. The van der Waals surface area contributed by atoms with Gasteiger partial charge in [-0.25, -0.2) is 32.9 Å².